The van der Waals surface area contributed by atoms with Gasteiger partial charge >= 0.3 is 0 Å². The Bertz CT molecular complexity index is 306. The second-order valence-electron chi connectivity index (χ2n) is 4.96. The van der Waals surface area contributed by atoms with E-state index < -0.39 is 0 Å². The molecule has 3 nitrogen and oxygen atoms in total. The molecular formula is C10H15NO2. The smallest absolute Gasteiger partial charge is 0.187 e. The van der Waals surface area contributed by atoms with E-state index in [1.54, 1.807) is 0 Å². The molecule has 2 rings (SSSR count). The number of ketones is 1. The van der Waals surface area contributed by atoms with Crippen LogP contribution in [0.3, 0.4) is 0 Å². The number of nitrogens with zero attached hydrogens (tertiary/aromatic N) is 1. The van der Waals surface area contributed by atoms with Gasteiger partial charge in [-0.2, -0.15) is 0 Å². The van der Waals surface area contributed by atoms with Crippen LogP contribution in [0.5, 0.6) is 0 Å². The van der Waals surface area contributed by atoms with Crippen molar-refractivity contribution in [3.05, 3.63) is 0 Å². The molecule has 0 aromatic heterocycles. The number of hydrogen-bond donors (Lipinski definition) is 1. The predicted octanol–water partition coefficient (Wildman–Crippen LogP) is 1.84. The summed E-state index contributed by atoms with van der Waals surface area (Å²) in [6.07, 6.45) is 1.91. The van der Waals surface area contributed by atoms with E-state index >= 15 is 0 Å². The van der Waals surface area contributed by atoms with Gasteiger partial charge in [0.1, 0.15) is 5.71 Å². The van der Waals surface area contributed by atoms with E-state index in [0.29, 0.717) is 5.71 Å². The van der Waals surface area contributed by atoms with E-state index in [2.05, 4.69) is 19.0 Å². The Balaban J connectivity index is 2.57. The summed E-state index contributed by atoms with van der Waals surface area (Å²) in [5, 5.41) is 11.9. The molecule has 13 heavy (non-hydrogen) atoms. The number of Topliss-reactive ketones (excluding diaryl/α,β-unsaturated/α-hetero) is 1. The highest BCUT2D eigenvalue weighted by Crippen LogP contribution is 2.62. The van der Waals surface area contributed by atoms with E-state index in [-0.39, 0.29) is 22.5 Å². The van der Waals surface area contributed by atoms with Gasteiger partial charge in [-0.25, -0.2) is 0 Å². The normalized spacial score (nSPS) is 44.7. The van der Waals surface area contributed by atoms with E-state index in [1.165, 1.54) is 0 Å². The van der Waals surface area contributed by atoms with Gasteiger partial charge in [0.25, 0.3) is 0 Å². The molecule has 0 aromatic carbocycles. The van der Waals surface area contributed by atoms with Crippen molar-refractivity contribution in [3.8, 4) is 0 Å². The first-order valence-electron chi connectivity index (χ1n) is 4.72. The van der Waals surface area contributed by atoms with E-state index in [0.717, 1.165) is 12.8 Å². The molecule has 2 aliphatic rings. The second kappa shape index (κ2) is 2.14. The fourth-order valence-corrected chi connectivity index (χ4v) is 2.94. The van der Waals surface area contributed by atoms with Crippen LogP contribution >= 0.6 is 0 Å². The molecule has 72 valence electrons. The third-order valence-electron chi connectivity index (χ3n) is 4.40. The van der Waals surface area contributed by atoms with E-state index in [1.807, 2.05) is 6.92 Å². The average Bonchev–Trinajstić information content (AvgIpc) is 2.36. The predicted molar refractivity (Wildman–Crippen MR) is 48.8 cm³/mol. The maximum atomic E-state index is 11.8. The molecule has 0 saturated heterocycles. The van der Waals surface area contributed by atoms with Crippen LogP contribution in [0, 0.1) is 16.7 Å². The van der Waals surface area contributed by atoms with Crippen LogP contribution in [0.2, 0.25) is 0 Å². The summed E-state index contributed by atoms with van der Waals surface area (Å²) < 4.78 is 0. The Labute approximate surface area is 77.8 Å². The lowest BCUT2D eigenvalue weighted by molar-refractivity contribution is -0.123. The third-order valence-corrected chi connectivity index (χ3v) is 4.40. The first-order valence-corrected chi connectivity index (χ1v) is 4.72. The number of carbonyl (C=O) groups is 1. The summed E-state index contributed by atoms with van der Waals surface area (Å²) in [5.41, 5.74) is 0.0731. The van der Waals surface area contributed by atoms with Crippen LogP contribution in [0.4, 0.5) is 0 Å². The summed E-state index contributed by atoms with van der Waals surface area (Å²) in [5.74, 6) is 0.214. The number of hydrogen-bond acceptors (Lipinski definition) is 3. The van der Waals surface area contributed by atoms with Crippen molar-refractivity contribution in [2.24, 2.45) is 21.9 Å². The summed E-state index contributed by atoms with van der Waals surface area (Å²) in [6.45, 7) is 6.19. The topological polar surface area (TPSA) is 49.7 Å². The molecule has 0 heterocycles. The van der Waals surface area contributed by atoms with Gasteiger partial charge in [0.05, 0.1) is 0 Å². The van der Waals surface area contributed by atoms with Crippen LogP contribution in [-0.4, -0.2) is 16.7 Å². The van der Waals surface area contributed by atoms with Gasteiger partial charge in [0, 0.05) is 11.3 Å². The number of carbonyl (C=O) groups excluding carboxylic acids is 1. The van der Waals surface area contributed by atoms with Crippen molar-refractivity contribution in [2.75, 3.05) is 0 Å². The molecule has 1 N–H and O–H groups in total. The molecular weight excluding hydrogens is 166 g/mol. The van der Waals surface area contributed by atoms with Gasteiger partial charge in [0.15, 0.2) is 5.78 Å². The van der Waals surface area contributed by atoms with Gasteiger partial charge in [-0.1, -0.05) is 25.9 Å². The van der Waals surface area contributed by atoms with Gasteiger partial charge in [0.2, 0.25) is 0 Å². The van der Waals surface area contributed by atoms with Gasteiger partial charge in [-0.05, 0) is 18.3 Å². The monoisotopic (exact) mass is 181 g/mol. The van der Waals surface area contributed by atoms with Crippen molar-refractivity contribution in [1.29, 1.82) is 0 Å². The van der Waals surface area contributed by atoms with Gasteiger partial charge in [-0.3, -0.25) is 4.79 Å². The summed E-state index contributed by atoms with van der Waals surface area (Å²) in [4.78, 5) is 11.8. The average molecular weight is 181 g/mol. The minimum Gasteiger partial charge on any atom is -0.411 e. The van der Waals surface area contributed by atoms with Crippen LogP contribution in [0.25, 0.3) is 0 Å². The maximum Gasteiger partial charge on any atom is 0.187 e. The first kappa shape index (κ1) is 8.73. The van der Waals surface area contributed by atoms with Crippen molar-refractivity contribution in [2.45, 2.75) is 33.6 Å². The van der Waals surface area contributed by atoms with Gasteiger partial charge < -0.3 is 5.21 Å². The summed E-state index contributed by atoms with van der Waals surface area (Å²) in [6, 6.07) is 0. The molecule has 0 spiro atoms. The number of rotatable bonds is 0. The quantitative estimate of drug-likeness (QED) is 0.458. The summed E-state index contributed by atoms with van der Waals surface area (Å²) >= 11 is 0. The molecule has 0 aliphatic heterocycles. The molecule has 3 heteroatoms. The highest BCUT2D eigenvalue weighted by Gasteiger charge is 2.65. The van der Waals surface area contributed by atoms with Crippen molar-refractivity contribution in [1.82, 2.24) is 0 Å². The van der Waals surface area contributed by atoms with Crippen LogP contribution in [0.1, 0.15) is 33.6 Å². The second-order valence-corrected chi connectivity index (χ2v) is 4.96. The van der Waals surface area contributed by atoms with Crippen molar-refractivity contribution in [3.63, 3.8) is 0 Å². The largest absolute Gasteiger partial charge is 0.411 e. The lowest BCUT2D eigenvalue weighted by Gasteiger charge is -2.31. The number of oxime groups is 1. The first-order chi connectivity index (χ1) is 5.95. The van der Waals surface area contributed by atoms with Crippen molar-refractivity contribution >= 4 is 11.5 Å². The van der Waals surface area contributed by atoms with Crippen molar-refractivity contribution < 1.29 is 10.0 Å². The van der Waals surface area contributed by atoms with E-state index in [4.69, 9.17) is 5.21 Å². The molecule has 0 radical (unpaired) electrons. The molecule has 1 unspecified atom stereocenters. The lowest BCUT2D eigenvalue weighted by atomic mass is 9.70. The lowest BCUT2D eigenvalue weighted by Crippen LogP contribution is -2.33. The maximum absolute atomic E-state index is 11.8. The SMILES string of the molecule is CC1(C)C2CC[C@]1(C)C(=O)/C2=N/O. The Hall–Kier alpha value is -0.860. The Morgan fingerprint density at radius 3 is 2.38 bits per heavy atom. The van der Waals surface area contributed by atoms with Crippen LogP contribution in [-0.2, 0) is 4.79 Å². The fourth-order valence-electron chi connectivity index (χ4n) is 2.94. The molecule has 2 aliphatic carbocycles. The van der Waals surface area contributed by atoms with Crippen LogP contribution < -0.4 is 0 Å². The summed E-state index contributed by atoms with van der Waals surface area (Å²) in [7, 11) is 0. The van der Waals surface area contributed by atoms with E-state index in [9.17, 15) is 4.79 Å². The fraction of sp³-hybridized carbons (Fsp3) is 0.800. The van der Waals surface area contributed by atoms with Gasteiger partial charge in [-0.15, -0.1) is 0 Å². The van der Waals surface area contributed by atoms with Crippen LogP contribution in [0.15, 0.2) is 5.16 Å². The zero-order valence-corrected chi connectivity index (χ0v) is 8.29. The molecule has 2 atom stereocenters. The molecule has 2 saturated carbocycles. The Morgan fingerprint density at radius 1 is 1.46 bits per heavy atom. The molecule has 0 amide bonds. The Morgan fingerprint density at radius 2 is 2.08 bits per heavy atom. The zero-order chi connectivity index (χ0) is 9.85. The minimum atomic E-state index is -0.292. The minimum absolute atomic E-state index is 0.0361. The molecule has 0 aromatic rings. The third kappa shape index (κ3) is 0.713. The Kier molecular flexibility index (Phi) is 1.44. The molecule has 2 fully saturated rings. The standard InChI is InChI=1S/C10H15NO2/c1-9(2)6-4-5-10(9,3)8(12)7(6)11-13/h6,13H,4-5H2,1-3H3/b11-7+/t6?,10-/m1/s1. The zero-order valence-electron chi connectivity index (χ0n) is 8.29. The highest BCUT2D eigenvalue weighted by molar-refractivity contribution is 6.45. The molecule has 2 bridgehead atoms. The number of fused-ring (bicyclic) bond motifs is 2. The highest BCUT2D eigenvalue weighted by atomic mass is 16.4.